The highest BCUT2D eigenvalue weighted by atomic mass is 35.5. The van der Waals surface area contributed by atoms with E-state index in [4.69, 9.17) is 11.6 Å². The zero-order valence-electron chi connectivity index (χ0n) is 17.7. The highest BCUT2D eigenvalue weighted by Crippen LogP contribution is 2.18. The van der Waals surface area contributed by atoms with Crippen LogP contribution < -0.4 is 10.2 Å². The van der Waals surface area contributed by atoms with Gasteiger partial charge >= 0.3 is 0 Å². The van der Waals surface area contributed by atoms with Crippen molar-refractivity contribution < 1.29 is 9.59 Å². The van der Waals surface area contributed by atoms with E-state index < -0.39 is 0 Å². The minimum absolute atomic E-state index is 0.00112. The van der Waals surface area contributed by atoms with Crippen LogP contribution in [0.15, 0.2) is 72.9 Å². The van der Waals surface area contributed by atoms with E-state index >= 15 is 0 Å². The van der Waals surface area contributed by atoms with Gasteiger partial charge in [-0.3, -0.25) is 9.59 Å². The summed E-state index contributed by atoms with van der Waals surface area (Å²) < 4.78 is 0. The highest BCUT2D eigenvalue weighted by Gasteiger charge is 2.21. The Morgan fingerprint density at radius 3 is 2.53 bits per heavy atom. The molecular formula is C25H25ClN4O2. The summed E-state index contributed by atoms with van der Waals surface area (Å²) in [6.07, 6.45) is 2.85. The normalized spacial score (nSPS) is 14.0. The Kier molecular flexibility index (Phi) is 7.02. The van der Waals surface area contributed by atoms with Crippen LogP contribution >= 0.6 is 11.6 Å². The summed E-state index contributed by atoms with van der Waals surface area (Å²) in [6, 6.07) is 20.5. The van der Waals surface area contributed by atoms with Gasteiger partial charge in [-0.25, -0.2) is 4.98 Å². The number of carbonyl (C=O) groups is 2. The summed E-state index contributed by atoms with van der Waals surface area (Å²) in [7, 11) is 0. The van der Waals surface area contributed by atoms with E-state index in [-0.39, 0.29) is 11.8 Å². The number of nitrogens with zero attached hydrogens (tertiary/aromatic N) is 3. The monoisotopic (exact) mass is 448 g/mol. The molecule has 1 saturated heterocycles. The first-order valence-electron chi connectivity index (χ1n) is 10.7. The average molecular weight is 449 g/mol. The molecule has 7 heteroatoms. The summed E-state index contributed by atoms with van der Waals surface area (Å²) in [5.41, 5.74) is 2.25. The molecule has 0 bridgehead atoms. The van der Waals surface area contributed by atoms with Crippen LogP contribution in [0.5, 0.6) is 0 Å². The highest BCUT2D eigenvalue weighted by molar-refractivity contribution is 6.30. The zero-order chi connectivity index (χ0) is 22.3. The van der Waals surface area contributed by atoms with Crippen molar-refractivity contribution in [3.8, 4) is 0 Å². The average Bonchev–Trinajstić information content (AvgIpc) is 3.06. The fraction of sp³-hybridized carbons (Fsp3) is 0.240. The number of hydrogen-bond donors (Lipinski definition) is 1. The summed E-state index contributed by atoms with van der Waals surface area (Å²) in [5, 5.41) is 3.46. The Balaban J connectivity index is 1.33. The minimum Gasteiger partial charge on any atom is -0.355 e. The number of carbonyl (C=O) groups excluding carboxylic acids is 2. The Bertz CT molecular complexity index is 1070. The van der Waals surface area contributed by atoms with E-state index in [0.717, 1.165) is 24.3 Å². The summed E-state index contributed by atoms with van der Waals surface area (Å²) in [5.74, 6) is 0.762. The SMILES string of the molecule is O=C(Cc1ccccc1)Nc1ccc(N2CCCN(C(=O)c3cccc(Cl)c3)CC2)nc1. The molecule has 164 valence electrons. The van der Waals surface area contributed by atoms with Gasteiger partial charge in [0, 0.05) is 36.8 Å². The quantitative estimate of drug-likeness (QED) is 0.633. The molecule has 0 spiro atoms. The lowest BCUT2D eigenvalue weighted by Gasteiger charge is -2.23. The Hall–Kier alpha value is -3.38. The predicted octanol–water partition coefficient (Wildman–Crippen LogP) is 4.27. The van der Waals surface area contributed by atoms with E-state index in [1.54, 1.807) is 30.5 Å². The maximum Gasteiger partial charge on any atom is 0.253 e. The van der Waals surface area contributed by atoms with Gasteiger partial charge in [0.2, 0.25) is 5.91 Å². The molecule has 1 aliphatic rings. The van der Waals surface area contributed by atoms with Crippen molar-refractivity contribution >= 4 is 34.9 Å². The number of benzene rings is 2. The van der Waals surface area contributed by atoms with Crippen LogP contribution in [0, 0.1) is 0 Å². The number of pyridine rings is 1. The summed E-state index contributed by atoms with van der Waals surface area (Å²) in [4.78, 5) is 33.6. The fourth-order valence-electron chi connectivity index (χ4n) is 3.79. The van der Waals surface area contributed by atoms with Gasteiger partial charge in [0.15, 0.2) is 0 Å². The Morgan fingerprint density at radius 1 is 0.938 bits per heavy atom. The maximum absolute atomic E-state index is 12.8. The standard InChI is InChI=1S/C25H25ClN4O2/c26-21-9-4-8-20(17-21)25(32)30-13-5-12-29(14-15-30)23-11-10-22(18-27-23)28-24(31)16-19-6-2-1-3-7-19/h1-4,6-11,17-18H,5,12-16H2,(H,28,31). The molecule has 0 aliphatic carbocycles. The second-order valence-electron chi connectivity index (χ2n) is 7.76. The molecule has 0 saturated carbocycles. The molecule has 6 nitrogen and oxygen atoms in total. The molecule has 32 heavy (non-hydrogen) atoms. The van der Waals surface area contributed by atoms with Gasteiger partial charge in [0.25, 0.3) is 5.91 Å². The Labute approximate surface area is 192 Å². The van der Waals surface area contributed by atoms with E-state index in [9.17, 15) is 9.59 Å². The van der Waals surface area contributed by atoms with Crippen molar-refractivity contribution in [2.75, 3.05) is 36.4 Å². The van der Waals surface area contributed by atoms with E-state index in [0.29, 0.717) is 42.3 Å². The van der Waals surface area contributed by atoms with Crippen molar-refractivity contribution in [2.24, 2.45) is 0 Å². The third-order valence-electron chi connectivity index (χ3n) is 5.42. The summed E-state index contributed by atoms with van der Waals surface area (Å²) >= 11 is 6.03. The van der Waals surface area contributed by atoms with Crippen LogP contribution in [0.1, 0.15) is 22.3 Å². The molecule has 0 atom stereocenters. The molecule has 0 unspecified atom stereocenters. The minimum atomic E-state index is -0.0734. The predicted molar refractivity (Wildman–Crippen MR) is 127 cm³/mol. The first-order chi connectivity index (χ1) is 15.6. The molecule has 0 radical (unpaired) electrons. The molecule has 1 fully saturated rings. The largest absolute Gasteiger partial charge is 0.355 e. The van der Waals surface area contributed by atoms with Crippen LogP contribution in [0.3, 0.4) is 0 Å². The third-order valence-corrected chi connectivity index (χ3v) is 5.65. The first kappa shape index (κ1) is 21.8. The van der Waals surface area contributed by atoms with Crippen molar-refractivity contribution in [1.29, 1.82) is 0 Å². The number of nitrogens with one attached hydrogen (secondary N) is 1. The van der Waals surface area contributed by atoms with Crippen molar-refractivity contribution in [1.82, 2.24) is 9.88 Å². The molecule has 2 heterocycles. The molecule has 1 N–H and O–H groups in total. The second kappa shape index (κ2) is 10.3. The number of halogens is 1. The lowest BCUT2D eigenvalue weighted by atomic mass is 10.1. The van der Waals surface area contributed by atoms with E-state index in [1.165, 1.54) is 0 Å². The number of anilines is 2. The Morgan fingerprint density at radius 2 is 1.78 bits per heavy atom. The molecule has 1 aromatic heterocycles. The van der Waals surface area contributed by atoms with Crippen LogP contribution in [0.2, 0.25) is 5.02 Å². The number of amides is 2. The lowest BCUT2D eigenvalue weighted by Crippen LogP contribution is -2.35. The smallest absolute Gasteiger partial charge is 0.253 e. The molecule has 2 aromatic carbocycles. The van der Waals surface area contributed by atoms with Gasteiger partial charge in [-0.05, 0) is 42.3 Å². The summed E-state index contributed by atoms with van der Waals surface area (Å²) in [6.45, 7) is 2.81. The fourth-order valence-corrected chi connectivity index (χ4v) is 3.98. The van der Waals surface area contributed by atoms with E-state index in [1.807, 2.05) is 47.4 Å². The zero-order valence-corrected chi connectivity index (χ0v) is 18.5. The molecular weight excluding hydrogens is 424 g/mol. The third kappa shape index (κ3) is 5.65. The maximum atomic E-state index is 12.8. The van der Waals surface area contributed by atoms with Crippen molar-refractivity contribution in [2.45, 2.75) is 12.8 Å². The second-order valence-corrected chi connectivity index (χ2v) is 8.20. The van der Waals surface area contributed by atoms with Crippen LogP contribution in [0.4, 0.5) is 11.5 Å². The number of hydrogen-bond acceptors (Lipinski definition) is 4. The van der Waals surface area contributed by atoms with Crippen LogP contribution in [-0.2, 0) is 11.2 Å². The van der Waals surface area contributed by atoms with Gasteiger partial charge in [0.1, 0.15) is 5.82 Å². The van der Waals surface area contributed by atoms with Crippen LogP contribution in [0.25, 0.3) is 0 Å². The topological polar surface area (TPSA) is 65.5 Å². The molecule has 1 aliphatic heterocycles. The van der Waals surface area contributed by atoms with Gasteiger partial charge in [-0.15, -0.1) is 0 Å². The van der Waals surface area contributed by atoms with Gasteiger partial charge in [-0.1, -0.05) is 48.0 Å². The molecule has 3 aromatic rings. The number of aromatic nitrogens is 1. The molecule has 2 amide bonds. The van der Waals surface area contributed by atoms with E-state index in [2.05, 4.69) is 15.2 Å². The van der Waals surface area contributed by atoms with Gasteiger partial charge in [-0.2, -0.15) is 0 Å². The van der Waals surface area contributed by atoms with Crippen molar-refractivity contribution in [3.63, 3.8) is 0 Å². The van der Waals surface area contributed by atoms with Crippen LogP contribution in [-0.4, -0.2) is 47.9 Å². The number of rotatable bonds is 5. The lowest BCUT2D eigenvalue weighted by molar-refractivity contribution is -0.115. The first-order valence-corrected chi connectivity index (χ1v) is 11.1. The van der Waals surface area contributed by atoms with Crippen molar-refractivity contribution in [3.05, 3.63) is 89.1 Å². The van der Waals surface area contributed by atoms with Gasteiger partial charge in [0.05, 0.1) is 18.3 Å². The van der Waals surface area contributed by atoms with Gasteiger partial charge < -0.3 is 15.1 Å². The molecule has 4 rings (SSSR count).